The third kappa shape index (κ3) is 5.72. The molecule has 0 spiro atoms. The molecule has 4 N–H and O–H groups in total. The van der Waals surface area contributed by atoms with E-state index < -0.39 is 34.5 Å². The Hall–Kier alpha value is -4.49. The fourth-order valence-corrected chi connectivity index (χ4v) is 5.93. The van der Waals surface area contributed by atoms with E-state index in [4.69, 9.17) is 17.3 Å². The van der Waals surface area contributed by atoms with E-state index in [2.05, 4.69) is 32.0 Å². The lowest BCUT2D eigenvalue weighted by atomic mass is 10.0. The molecule has 0 bridgehead atoms. The van der Waals surface area contributed by atoms with Crippen LogP contribution >= 0.6 is 11.6 Å². The van der Waals surface area contributed by atoms with E-state index in [0.29, 0.717) is 11.5 Å². The van der Waals surface area contributed by atoms with Gasteiger partial charge in [0.1, 0.15) is 18.0 Å². The largest absolute Gasteiger partial charge is 0.504 e. The van der Waals surface area contributed by atoms with E-state index in [0.717, 1.165) is 38.2 Å². The highest BCUT2D eigenvalue weighted by atomic mass is 35.5. The van der Waals surface area contributed by atoms with Gasteiger partial charge in [0, 0.05) is 57.1 Å². The number of hydrogen-bond donors (Lipinski definition) is 3. The number of aromatic nitrogens is 4. The summed E-state index contributed by atoms with van der Waals surface area (Å²) in [6.07, 6.45) is 6.92. The number of aromatic hydroxyl groups is 1. The number of rotatable bonds is 8. The van der Waals surface area contributed by atoms with Gasteiger partial charge in [-0.05, 0) is 43.4 Å². The van der Waals surface area contributed by atoms with Gasteiger partial charge in [0.25, 0.3) is 11.5 Å². The summed E-state index contributed by atoms with van der Waals surface area (Å²) in [7, 11) is 1.51. The zero-order valence-electron chi connectivity index (χ0n) is 24.3. The van der Waals surface area contributed by atoms with Crippen LogP contribution in [0.3, 0.4) is 0 Å². The molecule has 0 unspecified atom stereocenters. The Bertz CT molecular complexity index is 1850. The van der Waals surface area contributed by atoms with Crippen molar-refractivity contribution in [3.8, 4) is 16.9 Å². The zero-order valence-corrected chi connectivity index (χ0v) is 25.0. The topological polar surface area (TPSA) is 152 Å². The number of carbonyl (C=O) groups excluding carboxylic acids is 2. The number of nitrogens with one attached hydrogen (secondary N) is 1. The second kappa shape index (κ2) is 11.5. The van der Waals surface area contributed by atoms with Gasteiger partial charge in [-0.2, -0.15) is 0 Å². The van der Waals surface area contributed by atoms with Crippen molar-refractivity contribution in [3.05, 3.63) is 63.7 Å². The summed E-state index contributed by atoms with van der Waals surface area (Å²) in [5, 5.41) is 13.2. The number of primary amides is 1. The second-order valence-corrected chi connectivity index (χ2v) is 12.0. The molecule has 6 rings (SSSR count). The number of carbonyl (C=O) groups is 2. The minimum Gasteiger partial charge on any atom is -0.504 e. The lowest BCUT2D eigenvalue weighted by Crippen LogP contribution is -2.52. The van der Waals surface area contributed by atoms with Crippen LogP contribution in [-0.4, -0.2) is 73.1 Å². The third-order valence-electron chi connectivity index (χ3n) is 8.23. The van der Waals surface area contributed by atoms with E-state index in [1.165, 1.54) is 53.8 Å². The van der Waals surface area contributed by atoms with E-state index >= 15 is 0 Å². The molecule has 12 nitrogen and oxygen atoms in total. The maximum absolute atomic E-state index is 14.6. The Balaban J connectivity index is 1.27. The lowest BCUT2D eigenvalue weighted by Gasteiger charge is -2.40. The number of aryl methyl sites for hydroxylation is 1. The Kier molecular flexibility index (Phi) is 7.76. The number of amides is 2. The van der Waals surface area contributed by atoms with Gasteiger partial charge >= 0.3 is 0 Å². The van der Waals surface area contributed by atoms with Crippen LogP contribution in [0.15, 0.2) is 41.7 Å². The van der Waals surface area contributed by atoms with Crippen LogP contribution < -0.4 is 21.5 Å². The molecule has 2 amide bonds. The molecule has 3 aromatic heterocycles. The maximum Gasteiger partial charge on any atom is 0.263 e. The molecule has 1 aliphatic heterocycles. The first-order valence-electron chi connectivity index (χ1n) is 14.3. The monoisotopic (exact) mass is 622 g/mol. The summed E-state index contributed by atoms with van der Waals surface area (Å²) in [4.78, 5) is 51.9. The van der Waals surface area contributed by atoms with Crippen molar-refractivity contribution < 1.29 is 19.1 Å². The van der Waals surface area contributed by atoms with Crippen LogP contribution in [0.1, 0.15) is 30.1 Å². The molecule has 2 aliphatic rings. The molecule has 1 aliphatic carbocycles. The predicted molar refractivity (Wildman–Crippen MR) is 164 cm³/mol. The number of benzene rings is 1. The van der Waals surface area contributed by atoms with Gasteiger partial charge in [0.05, 0.1) is 34.2 Å². The van der Waals surface area contributed by atoms with Crippen LogP contribution in [0, 0.1) is 11.7 Å². The molecule has 1 atom stereocenters. The molecule has 1 saturated heterocycles. The molecular weight excluding hydrogens is 591 g/mol. The maximum atomic E-state index is 14.6. The van der Waals surface area contributed by atoms with Crippen LogP contribution in [0.5, 0.6) is 5.75 Å². The fraction of sp³-hybridized carbons (Fsp3) is 0.367. The Labute approximate surface area is 256 Å². The van der Waals surface area contributed by atoms with Gasteiger partial charge in [0.15, 0.2) is 11.6 Å². The van der Waals surface area contributed by atoms with Crippen LogP contribution in [0.4, 0.5) is 15.9 Å². The Morgan fingerprint density at radius 3 is 2.68 bits per heavy atom. The smallest absolute Gasteiger partial charge is 0.263 e. The molecule has 4 heterocycles. The number of anilines is 2. The highest BCUT2D eigenvalue weighted by Gasteiger charge is 2.30. The highest BCUT2D eigenvalue weighted by molar-refractivity contribution is 6.33. The Morgan fingerprint density at radius 2 is 1.98 bits per heavy atom. The fourth-order valence-electron chi connectivity index (χ4n) is 5.78. The van der Waals surface area contributed by atoms with Crippen molar-refractivity contribution in [2.45, 2.75) is 32.4 Å². The molecule has 44 heavy (non-hydrogen) atoms. The molecule has 4 aromatic rings. The minimum atomic E-state index is -1.09. The molecule has 230 valence electrons. The van der Waals surface area contributed by atoms with Crippen molar-refractivity contribution in [3.63, 3.8) is 0 Å². The van der Waals surface area contributed by atoms with Crippen molar-refractivity contribution in [2.24, 2.45) is 18.7 Å². The van der Waals surface area contributed by atoms with E-state index in [1.54, 1.807) is 6.07 Å². The number of nitrogens with two attached hydrogens (primary N) is 1. The molecular formula is C30H32ClFN8O4. The number of piperazine rings is 1. The van der Waals surface area contributed by atoms with Gasteiger partial charge in [0.2, 0.25) is 5.91 Å². The third-order valence-corrected chi connectivity index (χ3v) is 8.53. The first-order valence-corrected chi connectivity index (χ1v) is 14.7. The van der Waals surface area contributed by atoms with Crippen molar-refractivity contribution in [1.29, 1.82) is 0 Å². The lowest BCUT2D eigenvalue weighted by molar-refractivity contribution is -0.116. The number of fused-ring (bicyclic) bond motifs is 1. The first kappa shape index (κ1) is 29.6. The molecule has 0 radical (unpaired) electrons. The summed E-state index contributed by atoms with van der Waals surface area (Å²) in [6, 6.07) is 4.17. The molecule has 1 saturated carbocycles. The molecule has 14 heteroatoms. The van der Waals surface area contributed by atoms with Crippen molar-refractivity contribution >= 4 is 46.0 Å². The van der Waals surface area contributed by atoms with Crippen LogP contribution in [0.2, 0.25) is 5.02 Å². The van der Waals surface area contributed by atoms with Crippen LogP contribution in [-0.2, 0) is 18.4 Å². The van der Waals surface area contributed by atoms with Crippen molar-refractivity contribution in [1.82, 2.24) is 24.0 Å². The highest BCUT2D eigenvalue weighted by Crippen LogP contribution is 2.34. The summed E-state index contributed by atoms with van der Waals surface area (Å²) in [6.45, 7) is 5.72. The average Bonchev–Trinajstić information content (AvgIpc) is 3.72. The van der Waals surface area contributed by atoms with Gasteiger partial charge in [-0.3, -0.25) is 19.3 Å². The molecule has 1 aromatic carbocycles. The SMILES string of the molecule is C[C@H]1CN(CC2CC2)CCN1c1cc(NC(=O)Cn2cc(-c3cc(F)c(O)c(C(N)=O)c3)c3c(=O)n(C)cnc32)c(Cl)cn1. The summed E-state index contributed by atoms with van der Waals surface area (Å²) < 4.78 is 17.3. The van der Waals surface area contributed by atoms with E-state index in [9.17, 15) is 23.9 Å². The van der Waals surface area contributed by atoms with E-state index in [1.807, 2.05) is 0 Å². The second-order valence-electron chi connectivity index (χ2n) is 11.6. The first-order chi connectivity index (χ1) is 21.0. The van der Waals surface area contributed by atoms with Crippen LogP contribution in [0.25, 0.3) is 22.2 Å². The standard InChI is InChI=1S/C30H32ClFN8O4/c1-16-11-38(12-17-3-4-17)5-6-40(16)24-9-23(21(31)10-34-24)36-25(41)14-39-13-20(26-29(39)35-15-37(2)30(26)44)18-7-19(28(33)43)27(42)22(32)8-18/h7-10,13,15-17,42H,3-6,11-12,14H2,1-2H3,(H2,33,43)(H,34,36,41)/t16-/m0/s1. The average molecular weight is 623 g/mol. The summed E-state index contributed by atoms with van der Waals surface area (Å²) in [5.74, 6) is -1.93. The quantitative estimate of drug-likeness (QED) is 0.271. The van der Waals surface area contributed by atoms with Gasteiger partial charge < -0.3 is 30.2 Å². The minimum absolute atomic E-state index is 0.0994. The summed E-state index contributed by atoms with van der Waals surface area (Å²) in [5.41, 5.74) is 5.31. The van der Waals surface area contributed by atoms with Gasteiger partial charge in [-0.15, -0.1) is 0 Å². The number of halogens is 2. The van der Waals surface area contributed by atoms with E-state index in [-0.39, 0.29) is 39.8 Å². The number of nitrogens with zero attached hydrogens (tertiary/aromatic N) is 6. The summed E-state index contributed by atoms with van der Waals surface area (Å²) >= 11 is 6.43. The molecule has 2 fully saturated rings. The van der Waals surface area contributed by atoms with Crippen molar-refractivity contribution in [2.75, 3.05) is 36.4 Å². The number of phenols is 1. The van der Waals surface area contributed by atoms with Gasteiger partial charge in [-0.1, -0.05) is 11.6 Å². The van der Waals surface area contributed by atoms with Gasteiger partial charge in [-0.25, -0.2) is 14.4 Å². The number of pyridine rings is 1. The normalized spacial score (nSPS) is 17.3. The number of hydrogen-bond acceptors (Lipinski definition) is 8. The Morgan fingerprint density at radius 1 is 1.20 bits per heavy atom. The zero-order chi connectivity index (χ0) is 31.3. The predicted octanol–water partition coefficient (Wildman–Crippen LogP) is 2.95.